The smallest absolute Gasteiger partial charge is 0.0601 e. The van der Waals surface area contributed by atoms with Crippen molar-refractivity contribution in [1.29, 1.82) is 0 Å². The van der Waals surface area contributed by atoms with E-state index < -0.39 is 0 Å². The lowest BCUT2D eigenvalue weighted by Crippen LogP contribution is -2.58. The summed E-state index contributed by atoms with van der Waals surface area (Å²) in [5, 5.41) is 0. The van der Waals surface area contributed by atoms with Crippen LogP contribution < -0.4 is 5.73 Å². The van der Waals surface area contributed by atoms with Gasteiger partial charge in [-0.15, -0.1) is 0 Å². The van der Waals surface area contributed by atoms with Crippen LogP contribution in [0.2, 0.25) is 0 Å². The summed E-state index contributed by atoms with van der Waals surface area (Å²) in [4.78, 5) is 2.59. The standard InChI is InChI=1S/C11H22N2O/c1-8-11(12)4-3-5-13(8)9-6-10(7-9)14-2/h8-11H,3-7,12H2,1-2H3/t8-,9?,10?,11-/m1/s1. The minimum Gasteiger partial charge on any atom is -0.381 e. The average Bonchev–Trinajstić information content (AvgIpc) is 2.10. The van der Waals surface area contributed by atoms with Crippen LogP contribution in [-0.4, -0.2) is 42.8 Å². The molecule has 0 amide bonds. The molecule has 2 aliphatic rings. The maximum atomic E-state index is 6.08. The van der Waals surface area contributed by atoms with Gasteiger partial charge in [-0.05, 0) is 39.2 Å². The van der Waals surface area contributed by atoms with E-state index in [9.17, 15) is 0 Å². The molecule has 0 aromatic heterocycles. The molecule has 1 heterocycles. The first-order chi connectivity index (χ1) is 6.72. The van der Waals surface area contributed by atoms with Crippen LogP contribution in [0, 0.1) is 0 Å². The zero-order valence-corrected chi connectivity index (χ0v) is 9.28. The van der Waals surface area contributed by atoms with Gasteiger partial charge in [0.25, 0.3) is 0 Å². The van der Waals surface area contributed by atoms with Crippen molar-refractivity contribution < 1.29 is 4.74 Å². The molecular weight excluding hydrogens is 176 g/mol. The first kappa shape index (κ1) is 10.4. The summed E-state index contributed by atoms with van der Waals surface area (Å²) in [6.07, 6.45) is 5.36. The van der Waals surface area contributed by atoms with Crippen molar-refractivity contribution in [2.75, 3.05) is 13.7 Å². The fraction of sp³-hybridized carbons (Fsp3) is 1.00. The van der Waals surface area contributed by atoms with Gasteiger partial charge in [0.15, 0.2) is 0 Å². The molecule has 2 rings (SSSR count). The van der Waals surface area contributed by atoms with Crippen LogP contribution in [0.25, 0.3) is 0 Å². The Bertz CT molecular complexity index is 192. The monoisotopic (exact) mass is 198 g/mol. The summed E-state index contributed by atoms with van der Waals surface area (Å²) >= 11 is 0. The highest BCUT2D eigenvalue weighted by Gasteiger charge is 2.38. The van der Waals surface area contributed by atoms with E-state index in [0.29, 0.717) is 18.2 Å². The summed E-state index contributed by atoms with van der Waals surface area (Å²) in [7, 11) is 1.81. The predicted molar refractivity (Wildman–Crippen MR) is 57.2 cm³/mol. The Balaban J connectivity index is 1.85. The van der Waals surface area contributed by atoms with Gasteiger partial charge in [0.1, 0.15) is 0 Å². The second-order valence-electron chi connectivity index (χ2n) is 4.77. The minimum atomic E-state index is 0.380. The van der Waals surface area contributed by atoms with Gasteiger partial charge in [0, 0.05) is 25.2 Å². The summed E-state index contributed by atoms with van der Waals surface area (Å²) < 4.78 is 5.31. The lowest BCUT2D eigenvalue weighted by atomic mass is 9.84. The van der Waals surface area contributed by atoms with Crippen molar-refractivity contribution >= 4 is 0 Å². The number of methoxy groups -OCH3 is 1. The average molecular weight is 198 g/mol. The highest BCUT2D eigenvalue weighted by molar-refractivity contribution is 4.94. The molecule has 0 bridgehead atoms. The molecule has 0 unspecified atom stereocenters. The second kappa shape index (κ2) is 4.17. The van der Waals surface area contributed by atoms with Gasteiger partial charge in [-0.3, -0.25) is 4.90 Å². The van der Waals surface area contributed by atoms with Crippen molar-refractivity contribution in [3.05, 3.63) is 0 Å². The largest absolute Gasteiger partial charge is 0.381 e. The normalized spacial score (nSPS) is 44.8. The molecule has 2 atom stereocenters. The number of nitrogens with zero attached hydrogens (tertiary/aromatic N) is 1. The molecule has 14 heavy (non-hydrogen) atoms. The van der Waals surface area contributed by atoms with Gasteiger partial charge in [-0.2, -0.15) is 0 Å². The lowest BCUT2D eigenvalue weighted by molar-refractivity contribution is -0.0497. The fourth-order valence-corrected chi connectivity index (χ4v) is 2.72. The van der Waals surface area contributed by atoms with Crippen molar-refractivity contribution in [1.82, 2.24) is 4.90 Å². The minimum absolute atomic E-state index is 0.380. The Labute approximate surface area is 86.6 Å². The van der Waals surface area contributed by atoms with Crippen LogP contribution in [-0.2, 0) is 4.74 Å². The number of piperidine rings is 1. The first-order valence-corrected chi connectivity index (χ1v) is 5.76. The van der Waals surface area contributed by atoms with E-state index in [1.807, 2.05) is 7.11 Å². The molecular formula is C11H22N2O. The summed E-state index contributed by atoms with van der Waals surface area (Å²) in [5.41, 5.74) is 6.08. The molecule has 2 N–H and O–H groups in total. The number of hydrogen-bond donors (Lipinski definition) is 1. The highest BCUT2D eigenvalue weighted by atomic mass is 16.5. The van der Waals surface area contributed by atoms with Crippen molar-refractivity contribution in [3.8, 4) is 0 Å². The maximum Gasteiger partial charge on any atom is 0.0601 e. The number of likely N-dealkylation sites (tertiary alicyclic amines) is 1. The maximum absolute atomic E-state index is 6.08. The molecule has 0 radical (unpaired) electrons. The van der Waals surface area contributed by atoms with E-state index in [0.717, 1.165) is 6.04 Å². The number of rotatable bonds is 2. The van der Waals surface area contributed by atoms with E-state index in [4.69, 9.17) is 10.5 Å². The predicted octanol–water partition coefficient (Wildman–Crippen LogP) is 0.975. The Morgan fingerprint density at radius 1 is 1.36 bits per heavy atom. The Hall–Kier alpha value is -0.120. The molecule has 0 aromatic rings. The van der Waals surface area contributed by atoms with Gasteiger partial charge in [-0.1, -0.05) is 0 Å². The van der Waals surface area contributed by atoms with E-state index in [1.54, 1.807) is 0 Å². The zero-order valence-electron chi connectivity index (χ0n) is 9.28. The molecule has 2 fully saturated rings. The number of hydrogen-bond acceptors (Lipinski definition) is 3. The third-order valence-corrected chi connectivity index (χ3v) is 3.97. The van der Waals surface area contributed by atoms with E-state index >= 15 is 0 Å². The van der Waals surface area contributed by atoms with Crippen LogP contribution in [0.3, 0.4) is 0 Å². The van der Waals surface area contributed by atoms with E-state index in [1.165, 1.54) is 32.2 Å². The molecule has 0 spiro atoms. The van der Waals surface area contributed by atoms with Crippen molar-refractivity contribution in [2.45, 2.75) is 56.8 Å². The van der Waals surface area contributed by atoms with Crippen LogP contribution in [0.5, 0.6) is 0 Å². The van der Waals surface area contributed by atoms with Crippen LogP contribution >= 0.6 is 0 Å². The topological polar surface area (TPSA) is 38.5 Å². The van der Waals surface area contributed by atoms with E-state index in [-0.39, 0.29) is 0 Å². The number of ether oxygens (including phenoxy) is 1. The molecule has 1 saturated heterocycles. The SMILES string of the molecule is COC1CC(N2CCC[C@@H](N)[C@H]2C)C1. The van der Waals surface area contributed by atoms with Crippen molar-refractivity contribution in [2.24, 2.45) is 5.73 Å². The molecule has 1 saturated carbocycles. The van der Waals surface area contributed by atoms with Gasteiger partial charge >= 0.3 is 0 Å². The second-order valence-corrected chi connectivity index (χ2v) is 4.77. The Morgan fingerprint density at radius 2 is 2.07 bits per heavy atom. The summed E-state index contributed by atoms with van der Waals surface area (Å²) in [6.45, 7) is 3.50. The first-order valence-electron chi connectivity index (χ1n) is 5.76. The zero-order chi connectivity index (χ0) is 10.1. The molecule has 3 nitrogen and oxygen atoms in total. The quantitative estimate of drug-likeness (QED) is 0.718. The lowest BCUT2D eigenvalue weighted by Gasteiger charge is -2.48. The van der Waals surface area contributed by atoms with Gasteiger partial charge in [-0.25, -0.2) is 0 Å². The summed E-state index contributed by atoms with van der Waals surface area (Å²) in [6, 6.07) is 1.68. The van der Waals surface area contributed by atoms with Gasteiger partial charge in [0.05, 0.1) is 6.10 Å². The number of nitrogens with two attached hydrogens (primary N) is 1. The van der Waals surface area contributed by atoms with Crippen LogP contribution in [0.15, 0.2) is 0 Å². The van der Waals surface area contributed by atoms with Crippen LogP contribution in [0.1, 0.15) is 32.6 Å². The molecule has 82 valence electrons. The fourth-order valence-electron chi connectivity index (χ4n) is 2.72. The highest BCUT2D eigenvalue weighted by Crippen LogP contribution is 2.31. The van der Waals surface area contributed by atoms with Crippen molar-refractivity contribution in [3.63, 3.8) is 0 Å². The van der Waals surface area contributed by atoms with Gasteiger partial charge in [0.2, 0.25) is 0 Å². The van der Waals surface area contributed by atoms with E-state index in [2.05, 4.69) is 11.8 Å². The van der Waals surface area contributed by atoms with Crippen LogP contribution in [0.4, 0.5) is 0 Å². The summed E-state index contributed by atoms with van der Waals surface area (Å²) in [5.74, 6) is 0. The Morgan fingerprint density at radius 3 is 2.71 bits per heavy atom. The molecule has 1 aliphatic carbocycles. The van der Waals surface area contributed by atoms with Gasteiger partial charge < -0.3 is 10.5 Å². The molecule has 3 heteroatoms. The molecule has 0 aromatic carbocycles. The third-order valence-electron chi connectivity index (χ3n) is 3.97. The third kappa shape index (κ3) is 1.81. The Kier molecular flexibility index (Phi) is 3.10. The molecule has 1 aliphatic heterocycles.